The number of ether oxygens (including phenoxy) is 1. The van der Waals surface area contributed by atoms with Crippen LogP contribution in [0.5, 0.6) is 0 Å². The number of nitrogens with two attached hydrogens (primary N) is 1. The van der Waals surface area contributed by atoms with Crippen molar-refractivity contribution in [1.29, 1.82) is 0 Å². The summed E-state index contributed by atoms with van der Waals surface area (Å²) in [5.41, 5.74) is 4.93. The molecule has 0 spiro atoms. The van der Waals surface area contributed by atoms with Crippen molar-refractivity contribution >= 4 is 34.8 Å². The third kappa shape index (κ3) is 2.71. The van der Waals surface area contributed by atoms with Crippen LogP contribution in [-0.2, 0) is 9.53 Å². The molecule has 76 valence electrons. The molecule has 0 aliphatic rings. The molecule has 1 aromatic heterocycles. The van der Waals surface area contributed by atoms with Gasteiger partial charge in [0, 0.05) is 0 Å². The number of halogens is 1. The quantitative estimate of drug-likeness (QED) is 0.803. The fourth-order valence-electron chi connectivity index (χ4n) is 0.701. The SMILES string of the molecule is CC(OC(=O)c1ccc(Cl)s1)C(N)=O. The van der Waals surface area contributed by atoms with Crippen molar-refractivity contribution in [2.75, 3.05) is 0 Å². The number of amides is 1. The summed E-state index contributed by atoms with van der Waals surface area (Å²) in [5, 5.41) is 0. The average Bonchev–Trinajstić information content (AvgIpc) is 2.51. The first-order chi connectivity index (χ1) is 6.50. The van der Waals surface area contributed by atoms with E-state index in [-0.39, 0.29) is 0 Å². The molecule has 0 aromatic carbocycles. The van der Waals surface area contributed by atoms with Gasteiger partial charge in [0.2, 0.25) is 0 Å². The molecule has 1 atom stereocenters. The van der Waals surface area contributed by atoms with E-state index in [9.17, 15) is 9.59 Å². The molecule has 4 nitrogen and oxygen atoms in total. The fourth-order valence-corrected chi connectivity index (χ4v) is 1.63. The summed E-state index contributed by atoms with van der Waals surface area (Å²) in [6.45, 7) is 1.41. The highest BCUT2D eigenvalue weighted by Gasteiger charge is 2.17. The molecular formula is C8H8ClNO3S. The van der Waals surface area contributed by atoms with Gasteiger partial charge in [0.15, 0.2) is 6.10 Å². The molecule has 1 heterocycles. The Morgan fingerprint density at radius 1 is 1.57 bits per heavy atom. The second-order valence-electron chi connectivity index (χ2n) is 2.55. The summed E-state index contributed by atoms with van der Waals surface area (Å²) in [4.78, 5) is 22.2. The highest BCUT2D eigenvalue weighted by atomic mass is 35.5. The van der Waals surface area contributed by atoms with E-state index in [1.807, 2.05) is 0 Å². The van der Waals surface area contributed by atoms with Crippen LogP contribution in [0, 0.1) is 0 Å². The van der Waals surface area contributed by atoms with E-state index >= 15 is 0 Å². The largest absolute Gasteiger partial charge is 0.448 e. The molecule has 0 bridgehead atoms. The second-order valence-corrected chi connectivity index (χ2v) is 4.27. The Labute approximate surface area is 89.6 Å². The van der Waals surface area contributed by atoms with Gasteiger partial charge in [-0.05, 0) is 19.1 Å². The maximum Gasteiger partial charge on any atom is 0.349 e. The van der Waals surface area contributed by atoms with Gasteiger partial charge in [0.05, 0.1) is 4.34 Å². The van der Waals surface area contributed by atoms with Crippen LogP contribution in [0.15, 0.2) is 12.1 Å². The van der Waals surface area contributed by atoms with Crippen LogP contribution in [0.1, 0.15) is 16.6 Å². The number of esters is 1. The van der Waals surface area contributed by atoms with E-state index in [0.29, 0.717) is 9.21 Å². The summed E-state index contributed by atoms with van der Waals surface area (Å²) >= 11 is 6.71. The fraction of sp³-hybridized carbons (Fsp3) is 0.250. The molecule has 1 unspecified atom stereocenters. The molecule has 2 N–H and O–H groups in total. The van der Waals surface area contributed by atoms with Crippen molar-refractivity contribution in [3.05, 3.63) is 21.3 Å². The Hall–Kier alpha value is -1.07. The first-order valence-electron chi connectivity index (χ1n) is 3.76. The first-order valence-corrected chi connectivity index (χ1v) is 4.96. The molecule has 0 radical (unpaired) electrons. The number of primary amides is 1. The minimum absolute atomic E-state index is 0.350. The van der Waals surface area contributed by atoms with Gasteiger partial charge < -0.3 is 10.5 Å². The van der Waals surface area contributed by atoms with Gasteiger partial charge in [-0.15, -0.1) is 11.3 Å². The molecule has 6 heteroatoms. The van der Waals surface area contributed by atoms with Crippen molar-refractivity contribution in [1.82, 2.24) is 0 Å². The summed E-state index contributed by atoms with van der Waals surface area (Å²) in [6, 6.07) is 3.11. The van der Waals surface area contributed by atoms with Crippen molar-refractivity contribution < 1.29 is 14.3 Å². The molecule has 0 aliphatic heterocycles. The molecule has 1 amide bonds. The third-order valence-corrected chi connectivity index (χ3v) is 2.67. The van der Waals surface area contributed by atoms with Gasteiger partial charge in [-0.2, -0.15) is 0 Å². The molecule has 1 aromatic rings. The second kappa shape index (κ2) is 4.43. The Bertz CT molecular complexity index is 363. The van der Waals surface area contributed by atoms with Crippen LogP contribution in [-0.4, -0.2) is 18.0 Å². The predicted octanol–water partition coefficient (Wildman–Crippen LogP) is 1.43. The molecule has 0 saturated heterocycles. The molecule has 0 fully saturated rings. The molecule has 0 saturated carbocycles. The van der Waals surface area contributed by atoms with Gasteiger partial charge in [0.25, 0.3) is 5.91 Å². The minimum atomic E-state index is -0.927. The van der Waals surface area contributed by atoms with Crippen LogP contribution in [0.25, 0.3) is 0 Å². The molecule has 0 aliphatic carbocycles. The van der Waals surface area contributed by atoms with Crippen LogP contribution in [0.2, 0.25) is 4.34 Å². The number of carbonyl (C=O) groups is 2. The summed E-state index contributed by atoms with van der Waals surface area (Å²) in [5.74, 6) is -1.27. The standard InChI is InChI=1S/C8H8ClNO3S/c1-4(7(10)11)13-8(12)5-2-3-6(9)14-5/h2-4H,1H3,(H2,10,11). The van der Waals surface area contributed by atoms with Crippen LogP contribution in [0.3, 0.4) is 0 Å². The predicted molar refractivity (Wildman–Crippen MR) is 53.4 cm³/mol. The first kappa shape index (κ1) is 11.0. The summed E-state index contributed by atoms with van der Waals surface area (Å²) < 4.78 is 5.24. The van der Waals surface area contributed by atoms with Crippen molar-refractivity contribution in [3.63, 3.8) is 0 Å². The van der Waals surface area contributed by atoms with E-state index in [4.69, 9.17) is 22.1 Å². The zero-order valence-electron chi connectivity index (χ0n) is 7.32. The van der Waals surface area contributed by atoms with Crippen LogP contribution in [0.4, 0.5) is 0 Å². The normalized spacial score (nSPS) is 12.1. The highest BCUT2D eigenvalue weighted by Crippen LogP contribution is 2.22. The Balaban J connectivity index is 2.63. The van der Waals surface area contributed by atoms with Gasteiger partial charge in [-0.25, -0.2) is 4.79 Å². The molecule has 1 rings (SSSR count). The molecule has 14 heavy (non-hydrogen) atoms. The summed E-state index contributed by atoms with van der Waals surface area (Å²) in [6.07, 6.45) is -0.927. The topological polar surface area (TPSA) is 69.4 Å². The van der Waals surface area contributed by atoms with Gasteiger partial charge in [-0.3, -0.25) is 4.79 Å². The van der Waals surface area contributed by atoms with Crippen LogP contribution >= 0.6 is 22.9 Å². The summed E-state index contributed by atoms with van der Waals surface area (Å²) in [7, 11) is 0. The van der Waals surface area contributed by atoms with E-state index < -0.39 is 18.0 Å². The monoisotopic (exact) mass is 233 g/mol. The number of hydrogen-bond donors (Lipinski definition) is 1. The van der Waals surface area contributed by atoms with Crippen molar-refractivity contribution in [2.45, 2.75) is 13.0 Å². The maximum atomic E-state index is 11.3. The number of carbonyl (C=O) groups excluding carboxylic acids is 2. The number of thiophene rings is 1. The lowest BCUT2D eigenvalue weighted by Gasteiger charge is -2.07. The van der Waals surface area contributed by atoms with E-state index in [0.717, 1.165) is 11.3 Å². The third-order valence-electron chi connectivity index (χ3n) is 1.46. The lowest BCUT2D eigenvalue weighted by atomic mass is 10.4. The van der Waals surface area contributed by atoms with Crippen molar-refractivity contribution in [2.24, 2.45) is 5.73 Å². The zero-order valence-corrected chi connectivity index (χ0v) is 8.89. The number of rotatable bonds is 3. The average molecular weight is 234 g/mol. The van der Waals surface area contributed by atoms with Gasteiger partial charge >= 0.3 is 5.97 Å². The maximum absolute atomic E-state index is 11.3. The highest BCUT2D eigenvalue weighted by molar-refractivity contribution is 7.17. The lowest BCUT2D eigenvalue weighted by molar-refractivity contribution is -0.125. The van der Waals surface area contributed by atoms with E-state index in [1.54, 1.807) is 6.07 Å². The number of hydrogen-bond acceptors (Lipinski definition) is 4. The zero-order chi connectivity index (χ0) is 10.7. The van der Waals surface area contributed by atoms with Gasteiger partial charge in [-0.1, -0.05) is 11.6 Å². The Kier molecular flexibility index (Phi) is 3.49. The van der Waals surface area contributed by atoms with Gasteiger partial charge in [0.1, 0.15) is 4.88 Å². The smallest absolute Gasteiger partial charge is 0.349 e. The van der Waals surface area contributed by atoms with Crippen LogP contribution < -0.4 is 5.73 Å². The lowest BCUT2D eigenvalue weighted by Crippen LogP contribution is -2.30. The van der Waals surface area contributed by atoms with E-state index in [1.165, 1.54) is 13.0 Å². The Morgan fingerprint density at radius 3 is 2.64 bits per heavy atom. The molecular weight excluding hydrogens is 226 g/mol. The van der Waals surface area contributed by atoms with E-state index in [2.05, 4.69) is 0 Å². The Morgan fingerprint density at radius 2 is 2.21 bits per heavy atom. The minimum Gasteiger partial charge on any atom is -0.448 e. The van der Waals surface area contributed by atoms with Crippen molar-refractivity contribution in [3.8, 4) is 0 Å².